The summed E-state index contributed by atoms with van der Waals surface area (Å²) < 4.78 is 5.19. The number of nitrogen functional groups attached to an aromatic ring is 1. The number of ketones is 1. The van der Waals surface area contributed by atoms with Crippen molar-refractivity contribution in [1.82, 2.24) is 5.16 Å². The van der Waals surface area contributed by atoms with Crippen LogP contribution >= 0.6 is 0 Å². The standard InChI is InChI=1S/C13H14N2O2.C2H6/c1-8(16)6-12-13(9(2)15-17-12)10-4-3-5-11(14)7-10;1-2/h3-5,7H,6,14H2,1-2H3;1-2H3. The number of aromatic nitrogens is 1. The third kappa shape index (κ3) is 3.68. The summed E-state index contributed by atoms with van der Waals surface area (Å²) in [4.78, 5) is 11.2. The first-order valence-corrected chi connectivity index (χ1v) is 6.38. The van der Waals surface area contributed by atoms with E-state index in [0.717, 1.165) is 16.8 Å². The Kier molecular flexibility index (Phi) is 5.30. The van der Waals surface area contributed by atoms with E-state index in [0.29, 0.717) is 11.4 Å². The van der Waals surface area contributed by atoms with Crippen molar-refractivity contribution in [1.29, 1.82) is 0 Å². The van der Waals surface area contributed by atoms with Crippen molar-refractivity contribution in [3.05, 3.63) is 35.7 Å². The SMILES string of the molecule is CC.CC(=O)Cc1onc(C)c1-c1cccc(N)c1. The minimum Gasteiger partial charge on any atom is -0.399 e. The lowest BCUT2D eigenvalue weighted by molar-refractivity contribution is -0.116. The molecule has 0 aliphatic carbocycles. The molecule has 0 saturated heterocycles. The Morgan fingerprint density at radius 1 is 1.37 bits per heavy atom. The van der Waals surface area contributed by atoms with Gasteiger partial charge >= 0.3 is 0 Å². The molecule has 102 valence electrons. The monoisotopic (exact) mass is 260 g/mol. The van der Waals surface area contributed by atoms with Gasteiger partial charge in [-0.3, -0.25) is 4.79 Å². The molecule has 2 rings (SSSR count). The van der Waals surface area contributed by atoms with Gasteiger partial charge in [0, 0.05) is 11.3 Å². The van der Waals surface area contributed by atoms with Crippen LogP contribution in [0.4, 0.5) is 5.69 Å². The van der Waals surface area contributed by atoms with Crippen molar-refractivity contribution in [3.8, 4) is 11.1 Å². The van der Waals surface area contributed by atoms with Crippen LogP contribution in [0.5, 0.6) is 0 Å². The van der Waals surface area contributed by atoms with Crippen LogP contribution in [-0.2, 0) is 11.2 Å². The Morgan fingerprint density at radius 2 is 2.05 bits per heavy atom. The summed E-state index contributed by atoms with van der Waals surface area (Å²) in [6.45, 7) is 7.38. The summed E-state index contributed by atoms with van der Waals surface area (Å²) in [6.07, 6.45) is 0.255. The fourth-order valence-electron chi connectivity index (χ4n) is 1.83. The number of hydrogen-bond acceptors (Lipinski definition) is 4. The molecule has 0 bridgehead atoms. The van der Waals surface area contributed by atoms with Gasteiger partial charge in [0.25, 0.3) is 0 Å². The molecule has 0 spiro atoms. The van der Waals surface area contributed by atoms with Gasteiger partial charge in [-0.2, -0.15) is 0 Å². The molecular formula is C15H20N2O2. The maximum absolute atomic E-state index is 11.2. The highest BCUT2D eigenvalue weighted by Crippen LogP contribution is 2.28. The van der Waals surface area contributed by atoms with Gasteiger partial charge < -0.3 is 10.3 Å². The van der Waals surface area contributed by atoms with Crippen molar-refractivity contribution < 1.29 is 9.32 Å². The van der Waals surface area contributed by atoms with E-state index >= 15 is 0 Å². The summed E-state index contributed by atoms with van der Waals surface area (Å²) in [6, 6.07) is 7.47. The first kappa shape index (κ1) is 15.0. The summed E-state index contributed by atoms with van der Waals surface area (Å²) in [5.41, 5.74) is 8.99. The van der Waals surface area contributed by atoms with E-state index in [4.69, 9.17) is 10.3 Å². The molecule has 0 radical (unpaired) electrons. The van der Waals surface area contributed by atoms with E-state index in [1.807, 2.05) is 45.0 Å². The summed E-state index contributed by atoms with van der Waals surface area (Å²) in [5, 5.41) is 3.91. The first-order valence-electron chi connectivity index (χ1n) is 6.38. The molecule has 1 heterocycles. The number of Topliss-reactive ketones (excluding diaryl/α,β-unsaturated/α-hetero) is 1. The molecule has 4 nitrogen and oxygen atoms in total. The molecular weight excluding hydrogens is 240 g/mol. The van der Waals surface area contributed by atoms with Crippen LogP contribution in [0.2, 0.25) is 0 Å². The second-order valence-electron chi connectivity index (χ2n) is 4.07. The summed E-state index contributed by atoms with van der Waals surface area (Å²) in [7, 11) is 0. The van der Waals surface area contributed by atoms with Crippen LogP contribution in [0.15, 0.2) is 28.8 Å². The van der Waals surface area contributed by atoms with Crippen LogP contribution in [0, 0.1) is 6.92 Å². The number of anilines is 1. The van der Waals surface area contributed by atoms with E-state index in [-0.39, 0.29) is 12.2 Å². The molecule has 0 atom stereocenters. The van der Waals surface area contributed by atoms with Gasteiger partial charge in [0.1, 0.15) is 5.78 Å². The normalized spacial score (nSPS) is 9.68. The second kappa shape index (κ2) is 6.73. The molecule has 0 fully saturated rings. The Morgan fingerprint density at radius 3 is 2.63 bits per heavy atom. The van der Waals surface area contributed by atoms with E-state index < -0.39 is 0 Å². The van der Waals surface area contributed by atoms with Crippen molar-refractivity contribution in [2.24, 2.45) is 0 Å². The zero-order valence-electron chi connectivity index (χ0n) is 11.9. The molecule has 19 heavy (non-hydrogen) atoms. The number of benzene rings is 1. The summed E-state index contributed by atoms with van der Waals surface area (Å²) in [5.74, 6) is 0.645. The van der Waals surface area contributed by atoms with Crippen LogP contribution < -0.4 is 5.73 Å². The predicted octanol–water partition coefficient (Wildman–Crippen LogP) is 3.39. The largest absolute Gasteiger partial charge is 0.399 e. The Labute approximate surface area is 113 Å². The van der Waals surface area contributed by atoms with Gasteiger partial charge in [-0.15, -0.1) is 0 Å². The van der Waals surface area contributed by atoms with E-state index in [2.05, 4.69) is 5.16 Å². The number of aryl methyl sites for hydroxylation is 1. The lowest BCUT2D eigenvalue weighted by Gasteiger charge is -2.02. The predicted molar refractivity (Wildman–Crippen MR) is 76.8 cm³/mol. The Hall–Kier alpha value is -2.10. The van der Waals surface area contributed by atoms with Crippen LogP contribution in [0.1, 0.15) is 32.2 Å². The molecule has 4 heteroatoms. The van der Waals surface area contributed by atoms with Crippen LogP contribution in [-0.4, -0.2) is 10.9 Å². The number of nitrogens with zero attached hydrogens (tertiary/aromatic N) is 1. The van der Waals surface area contributed by atoms with Crippen molar-refractivity contribution in [2.75, 3.05) is 5.73 Å². The quantitative estimate of drug-likeness (QED) is 0.859. The van der Waals surface area contributed by atoms with E-state index in [1.54, 1.807) is 0 Å². The third-order valence-corrected chi connectivity index (χ3v) is 2.52. The number of hydrogen-bond donors (Lipinski definition) is 1. The highest BCUT2D eigenvalue weighted by Gasteiger charge is 2.16. The molecule has 2 aromatic rings. The molecule has 0 aliphatic heterocycles. The number of nitrogens with two attached hydrogens (primary N) is 1. The van der Waals surface area contributed by atoms with Gasteiger partial charge in [0.15, 0.2) is 5.76 Å². The van der Waals surface area contributed by atoms with Crippen molar-refractivity contribution in [3.63, 3.8) is 0 Å². The Balaban J connectivity index is 0.000000861. The van der Waals surface area contributed by atoms with Gasteiger partial charge in [0.2, 0.25) is 0 Å². The highest BCUT2D eigenvalue weighted by molar-refractivity contribution is 5.81. The highest BCUT2D eigenvalue weighted by atomic mass is 16.5. The molecule has 2 N–H and O–H groups in total. The topological polar surface area (TPSA) is 69.1 Å². The van der Waals surface area contributed by atoms with Crippen molar-refractivity contribution >= 4 is 11.5 Å². The maximum atomic E-state index is 11.2. The van der Waals surface area contributed by atoms with Crippen LogP contribution in [0.25, 0.3) is 11.1 Å². The van der Waals surface area contributed by atoms with Gasteiger partial charge in [-0.1, -0.05) is 31.1 Å². The number of carbonyl (C=O) groups excluding carboxylic acids is 1. The van der Waals surface area contributed by atoms with Gasteiger partial charge in [-0.25, -0.2) is 0 Å². The Bertz CT molecular complexity index is 559. The van der Waals surface area contributed by atoms with E-state index in [1.165, 1.54) is 6.92 Å². The molecule has 1 aromatic carbocycles. The molecule has 1 aromatic heterocycles. The van der Waals surface area contributed by atoms with Crippen molar-refractivity contribution in [2.45, 2.75) is 34.1 Å². The number of rotatable bonds is 3. The van der Waals surface area contributed by atoms with Gasteiger partial charge in [0.05, 0.1) is 12.1 Å². The molecule has 0 saturated carbocycles. The average Bonchev–Trinajstić information content (AvgIpc) is 2.72. The van der Waals surface area contributed by atoms with E-state index in [9.17, 15) is 4.79 Å². The summed E-state index contributed by atoms with van der Waals surface area (Å²) >= 11 is 0. The molecule has 0 unspecified atom stereocenters. The molecule has 0 amide bonds. The first-order chi connectivity index (χ1) is 9.08. The fourth-order valence-corrected chi connectivity index (χ4v) is 1.83. The average molecular weight is 260 g/mol. The lowest BCUT2D eigenvalue weighted by atomic mass is 10.0. The second-order valence-corrected chi connectivity index (χ2v) is 4.07. The lowest BCUT2D eigenvalue weighted by Crippen LogP contribution is -1.97. The minimum absolute atomic E-state index is 0.0475. The third-order valence-electron chi connectivity index (χ3n) is 2.52. The zero-order chi connectivity index (χ0) is 14.4. The molecule has 0 aliphatic rings. The fraction of sp³-hybridized carbons (Fsp3) is 0.333. The zero-order valence-corrected chi connectivity index (χ0v) is 11.9. The maximum Gasteiger partial charge on any atom is 0.152 e. The van der Waals surface area contributed by atoms with Crippen LogP contribution in [0.3, 0.4) is 0 Å². The minimum atomic E-state index is 0.0475. The van der Waals surface area contributed by atoms with Gasteiger partial charge in [-0.05, 0) is 31.5 Å². The number of carbonyl (C=O) groups is 1. The smallest absolute Gasteiger partial charge is 0.152 e.